The normalized spacial score (nSPS) is 22.4. The molecule has 3 N–H and O–H groups in total. The number of carbonyl (C=O) groups is 1. The van der Waals surface area contributed by atoms with Crippen molar-refractivity contribution in [2.45, 2.75) is 26.2 Å². The lowest BCUT2D eigenvalue weighted by atomic mass is 10.0. The molecule has 0 saturated carbocycles. The van der Waals surface area contributed by atoms with Crippen molar-refractivity contribution < 1.29 is 9.53 Å². The van der Waals surface area contributed by atoms with E-state index in [1.54, 1.807) is 0 Å². The summed E-state index contributed by atoms with van der Waals surface area (Å²) in [5.41, 5.74) is 5.50. The van der Waals surface area contributed by atoms with Gasteiger partial charge in [0, 0.05) is 13.2 Å². The minimum Gasteiger partial charge on any atom is -0.393 e. The third kappa shape index (κ3) is 4.06. The molecule has 2 atom stereocenters. The summed E-state index contributed by atoms with van der Waals surface area (Å²) in [4.78, 5) is 12.0. The second-order valence-electron chi connectivity index (χ2n) is 4.19. The second kappa shape index (κ2) is 6.81. The summed E-state index contributed by atoms with van der Waals surface area (Å²) in [6.07, 6.45) is 2.85. The van der Waals surface area contributed by atoms with Crippen LogP contribution in [0.1, 0.15) is 26.2 Å². The predicted molar refractivity (Wildman–Crippen MR) is 67.1 cm³/mol. The van der Waals surface area contributed by atoms with Gasteiger partial charge in [0.25, 0.3) is 0 Å². The van der Waals surface area contributed by atoms with E-state index in [2.05, 4.69) is 5.32 Å². The molecule has 0 aromatic heterocycles. The van der Waals surface area contributed by atoms with E-state index in [9.17, 15) is 4.79 Å². The van der Waals surface area contributed by atoms with Crippen LogP contribution in [0.5, 0.6) is 0 Å². The van der Waals surface area contributed by atoms with Crippen molar-refractivity contribution in [3.05, 3.63) is 0 Å². The molecule has 0 aliphatic carbocycles. The molecule has 1 aliphatic heterocycles. The zero-order valence-corrected chi connectivity index (χ0v) is 10.5. The fraction of sp³-hybridized carbons (Fsp3) is 0.818. The lowest BCUT2D eigenvalue weighted by molar-refractivity contribution is -0.123. The summed E-state index contributed by atoms with van der Waals surface area (Å²) in [6.45, 7) is 4.16. The van der Waals surface area contributed by atoms with Gasteiger partial charge in [0.1, 0.15) is 0 Å². The summed E-state index contributed by atoms with van der Waals surface area (Å²) in [5.74, 6) is 0.0432. The molecule has 1 rings (SSSR count). The van der Waals surface area contributed by atoms with Crippen LogP contribution < -0.4 is 11.1 Å². The van der Waals surface area contributed by atoms with Crippen LogP contribution in [0.4, 0.5) is 0 Å². The number of hydrogen-bond donors (Lipinski definition) is 2. The van der Waals surface area contributed by atoms with Crippen molar-refractivity contribution in [1.82, 2.24) is 5.32 Å². The molecule has 92 valence electrons. The van der Waals surface area contributed by atoms with E-state index in [0.717, 1.165) is 26.1 Å². The molecule has 1 heterocycles. The maximum absolute atomic E-state index is 11.7. The van der Waals surface area contributed by atoms with Gasteiger partial charge < -0.3 is 15.8 Å². The standard InChI is InChI=1S/C11H20N2O2S/c1-2-9(10(12)16)11(14)13-6-8-4-3-5-15-7-8/h8-9H,2-7H2,1H3,(H2,12,16)(H,13,14). The molecule has 0 aromatic rings. The Kier molecular flexibility index (Phi) is 5.69. The van der Waals surface area contributed by atoms with Crippen LogP contribution in [0, 0.1) is 11.8 Å². The van der Waals surface area contributed by atoms with Gasteiger partial charge in [0.05, 0.1) is 17.5 Å². The third-order valence-electron chi connectivity index (χ3n) is 2.89. The summed E-state index contributed by atoms with van der Waals surface area (Å²) < 4.78 is 5.35. The molecule has 1 saturated heterocycles. The van der Waals surface area contributed by atoms with Crippen molar-refractivity contribution in [1.29, 1.82) is 0 Å². The van der Waals surface area contributed by atoms with E-state index in [1.807, 2.05) is 6.92 Å². The van der Waals surface area contributed by atoms with Gasteiger partial charge >= 0.3 is 0 Å². The van der Waals surface area contributed by atoms with Gasteiger partial charge in [0.15, 0.2) is 0 Å². The van der Waals surface area contributed by atoms with Crippen molar-refractivity contribution >= 4 is 23.1 Å². The van der Waals surface area contributed by atoms with Gasteiger partial charge in [-0.15, -0.1) is 0 Å². The number of amides is 1. The number of carbonyl (C=O) groups excluding carboxylic acids is 1. The fourth-order valence-corrected chi connectivity index (χ4v) is 2.13. The van der Waals surface area contributed by atoms with Gasteiger partial charge in [-0.1, -0.05) is 19.1 Å². The van der Waals surface area contributed by atoms with Crippen LogP contribution in [0.15, 0.2) is 0 Å². The van der Waals surface area contributed by atoms with Gasteiger partial charge in [0.2, 0.25) is 5.91 Å². The molecular weight excluding hydrogens is 224 g/mol. The minimum atomic E-state index is -0.334. The van der Waals surface area contributed by atoms with Gasteiger partial charge in [-0.3, -0.25) is 4.79 Å². The molecule has 1 aliphatic rings. The average molecular weight is 244 g/mol. The third-order valence-corrected chi connectivity index (χ3v) is 3.17. The van der Waals surface area contributed by atoms with Gasteiger partial charge in [-0.2, -0.15) is 0 Å². The van der Waals surface area contributed by atoms with E-state index in [-0.39, 0.29) is 16.8 Å². The highest BCUT2D eigenvalue weighted by molar-refractivity contribution is 7.80. The Morgan fingerprint density at radius 3 is 2.94 bits per heavy atom. The second-order valence-corrected chi connectivity index (χ2v) is 4.66. The van der Waals surface area contributed by atoms with Crippen molar-refractivity contribution in [2.75, 3.05) is 19.8 Å². The molecule has 4 nitrogen and oxygen atoms in total. The monoisotopic (exact) mass is 244 g/mol. The lowest BCUT2D eigenvalue weighted by Gasteiger charge is -2.23. The van der Waals surface area contributed by atoms with Gasteiger partial charge in [-0.05, 0) is 25.2 Å². The lowest BCUT2D eigenvalue weighted by Crippen LogP contribution is -2.40. The van der Waals surface area contributed by atoms with Gasteiger partial charge in [-0.25, -0.2) is 0 Å². The van der Waals surface area contributed by atoms with E-state index in [1.165, 1.54) is 0 Å². The zero-order valence-electron chi connectivity index (χ0n) is 9.70. The molecule has 0 radical (unpaired) electrons. The van der Waals surface area contributed by atoms with Crippen molar-refractivity contribution in [3.8, 4) is 0 Å². The topological polar surface area (TPSA) is 64.3 Å². The minimum absolute atomic E-state index is 0.0550. The Balaban J connectivity index is 2.30. The highest BCUT2D eigenvalue weighted by Gasteiger charge is 2.21. The summed E-state index contributed by atoms with van der Waals surface area (Å²) in [7, 11) is 0. The number of thiocarbonyl (C=S) groups is 1. The summed E-state index contributed by atoms with van der Waals surface area (Å²) in [6, 6.07) is 0. The maximum Gasteiger partial charge on any atom is 0.229 e. The summed E-state index contributed by atoms with van der Waals surface area (Å²) in [5, 5.41) is 2.90. The quantitative estimate of drug-likeness (QED) is 0.704. The van der Waals surface area contributed by atoms with E-state index in [4.69, 9.17) is 22.7 Å². The Hall–Kier alpha value is -0.680. The molecule has 16 heavy (non-hydrogen) atoms. The molecule has 5 heteroatoms. The van der Waals surface area contributed by atoms with E-state index >= 15 is 0 Å². The zero-order chi connectivity index (χ0) is 12.0. The van der Waals surface area contributed by atoms with E-state index in [0.29, 0.717) is 18.9 Å². The fourth-order valence-electron chi connectivity index (χ4n) is 1.85. The van der Waals surface area contributed by atoms with Crippen LogP contribution in [0.3, 0.4) is 0 Å². The Labute approximate surface area is 102 Å². The number of hydrogen-bond acceptors (Lipinski definition) is 3. The first-order valence-corrected chi connectivity index (χ1v) is 6.20. The van der Waals surface area contributed by atoms with Crippen molar-refractivity contribution in [3.63, 3.8) is 0 Å². The molecule has 0 spiro atoms. The average Bonchev–Trinajstić information content (AvgIpc) is 2.28. The molecule has 1 fully saturated rings. The van der Waals surface area contributed by atoms with E-state index < -0.39 is 0 Å². The first kappa shape index (κ1) is 13.4. The van der Waals surface area contributed by atoms with Crippen LogP contribution in [-0.4, -0.2) is 30.7 Å². The smallest absolute Gasteiger partial charge is 0.229 e. The first-order valence-electron chi connectivity index (χ1n) is 5.80. The first-order chi connectivity index (χ1) is 7.65. The molecular formula is C11H20N2O2S. The number of ether oxygens (including phenoxy) is 1. The van der Waals surface area contributed by atoms with Crippen molar-refractivity contribution in [2.24, 2.45) is 17.6 Å². The number of nitrogens with two attached hydrogens (primary N) is 1. The van der Waals surface area contributed by atoms with Crippen LogP contribution in [0.25, 0.3) is 0 Å². The SMILES string of the molecule is CCC(C(=O)NCC1CCCOC1)C(N)=S. The highest BCUT2D eigenvalue weighted by Crippen LogP contribution is 2.12. The molecule has 0 aromatic carbocycles. The highest BCUT2D eigenvalue weighted by atomic mass is 32.1. The largest absolute Gasteiger partial charge is 0.393 e. The molecule has 0 bridgehead atoms. The Morgan fingerprint density at radius 2 is 2.44 bits per heavy atom. The number of rotatable bonds is 5. The Bertz CT molecular complexity index is 252. The van der Waals surface area contributed by atoms with Crippen LogP contribution >= 0.6 is 12.2 Å². The van der Waals surface area contributed by atoms with Crippen LogP contribution in [0.2, 0.25) is 0 Å². The number of nitrogens with one attached hydrogen (secondary N) is 1. The summed E-state index contributed by atoms with van der Waals surface area (Å²) >= 11 is 4.86. The molecule has 1 amide bonds. The predicted octanol–water partition coefficient (Wildman–Crippen LogP) is 0.841. The Morgan fingerprint density at radius 1 is 1.69 bits per heavy atom. The van der Waals surface area contributed by atoms with Crippen LogP contribution in [-0.2, 0) is 9.53 Å². The molecule has 2 unspecified atom stereocenters. The maximum atomic E-state index is 11.7.